The van der Waals surface area contributed by atoms with E-state index in [1.54, 1.807) is 0 Å². The third kappa shape index (κ3) is 2.68. The second-order valence-corrected chi connectivity index (χ2v) is 7.38. The van der Waals surface area contributed by atoms with Crippen LogP contribution in [0.3, 0.4) is 0 Å². The summed E-state index contributed by atoms with van der Waals surface area (Å²) in [6.45, 7) is 6.38. The van der Waals surface area contributed by atoms with Crippen molar-refractivity contribution >= 4 is 11.8 Å². The van der Waals surface area contributed by atoms with E-state index in [9.17, 15) is 9.59 Å². The van der Waals surface area contributed by atoms with Crippen molar-refractivity contribution in [2.24, 2.45) is 23.5 Å². The molecule has 118 valence electrons. The molecule has 2 N–H and O–H groups in total. The molecule has 3 aliphatic rings. The lowest BCUT2D eigenvalue weighted by atomic mass is 9.75. The van der Waals surface area contributed by atoms with E-state index in [0.29, 0.717) is 30.2 Å². The third-order valence-corrected chi connectivity index (χ3v) is 5.49. The molecule has 0 aromatic carbocycles. The molecule has 5 nitrogen and oxygen atoms in total. The van der Waals surface area contributed by atoms with E-state index in [1.807, 2.05) is 18.7 Å². The maximum Gasteiger partial charge on any atom is 0.239 e. The fourth-order valence-corrected chi connectivity index (χ4v) is 4.29. The summed E-state index contributed by atoms with van der Waals surface area (Å²) < 4.78 is 0. The Balaban J connectivity index is 1.72. The van der Waals surface area contributed by atoms with Crippen molar-refractivity contribution in [1.29, 1.82) is 0 Å². The number of fused-ring (bicyclic) bond motifs is 4. The molecule has 3 aliphatic heterocycles. The summed E-state index contributed by atoms with van der Waals surface area (Å²) >= 11 is 0. The van der Waals surface area contributed by atoms with Crippen LogP contribution in [0.5, 0.6) is 0 Å². The van der Waals surface area contributed by atoms with Crippen LogP contribution < -0.4 is 5.73 Å². The topological polar surface area (TPSA) is 66.6 Å². The lowest BCUT2D eigenvalue weighted by Crippen LogP contribution is -2.62. The van der Waals surface area contributed by atoms with Crippen molar-refractivity contribution in [1.82, 2.24) is 9.80 Å². The molecule has 0 aromatic rings. The van der Waals surface area contributed by atoms with Crippen molar-refractivity contribution < 1.29 is 9.59 Å². The maximum atomic E-state index is 12.5. The lowest BCUT2D eigenvalue weighted by Gasteiger charge is -2.52. The maximum absolute atomic E-state index is 12.5. The number of hydrogen-bond donors (Lipinski definition) is 1. The van der Waals surface area contributed by atoms with E-state index in [-0.39, 0.29) is 11.8 Å². The number of carbonyl (C=O) groups is 2. The van der Waals surface area contributed by atoms with E-state index in [1.165, 1.54) is 0 Å². The molecule has 2 bridgehead atoms. The molecule has 0 aromatic heterocycles. The Morgan fingerprint density at radius 3 is 2.76 bits per heavy atom. The van der Waals surface area contributed by atoms with Crippen LogP contribution in [-0.4, -0.2) is 53.3 Å². The minimum Gasteiger partial charge on any atom is -0.341 e. The number of likely N-dealkylation sites (tertiary alicyclic amines) is 1. The largest absolute Gasteiger partial charge is 0.341 e. The molecular weight excluding hydrogens is 266 g/mol. The molecule has 0 radical (unpaired) electrons. The van der Waals surface area contributed by atoms with Gasteiger partial charge in [0.05, 0.1) is 6.04 Å². The molecule has 0 spiro atoms. The molecular formula is C16H27N3O2. The van der Waals surface area contributed by atoms with Crippen LogP contribution in [-0.2, 0) is 9.59 Å². The average molecular weight is 293 g/mol. The van der Waals surface area contributed by atoms with Gasteiger partial charge >= 0.3 is 0 Å². The van der Waals surface area contributed by atoms with Crippen molar-refractivity contribution in [3.05, 3.63) is 0 Å². The number of nitrogens with two attached hydrogens (primary N) is 1. The van der Waals surface area contributed by atoms with Gasteiger partial charge in [-0.25, -0.2) is 0 Å². The number of carbonyl (C=O) groups excluding carboxylic acids is 2. The van der Waals surface area contributed by atoms with E-state index < -0.39 is 6.04 Å². The fourth-order valence-electron chi connectivity index (χ4n) is 4.29. The van der Waals surface area contributed by atoms with Crippen molar-refractivity contribution in [3.63, 3.8) is 0 Å². The predicted octanol–water partition coefficient (Wildman–Crippen LogP) is 0.829. The van der Waals surface area contributed by atoms with Crippen LogP contribution in [0, 0.1) is 17.8 Å². The molecule has 0 unspecified atom stereocenters. The highest BCUT2D eigenvalue weighted by atomic mass is 16.2. The van der Waals surface area contributed by atoms with Gasteiger partial charge in [0.15, 0.2) is 0 Å². The quantitative estimate of drug-likeness (QED) is 0.820. The van der Waals surface area contributed by atoms with Gasteiger partial charge in [-0.1, -0.05) is 13.8 Å². The summed E-state index contributed by atoms with van der Waals surface area (Å²) in [4.78, 5) is 28.7. The average Bonchev–Trinajstić information content (AvgIpc) is 2.46. The minimum absolute atomic E-state index is 0.0929. The molecule has 3 saturated heterocycles. The summed E-state index contributed by atoms with van der Waals surface area (Å²) in [6.07, 6.45) is 3.97. The number of rotatable bonds is 2. The highest BCUT2D eigenvalue weighted by Gasteiger charge is 2.45. The zero-order valence-electron chi connectivity index (χ0n) is 13.1. The predicted molar refractivity (Wildman–Crippen MR) is 80.3 cm³/mol. The van der Waals surface area contributed by atoms with Gasteiger partial charge in [0.25, 0.3) is 0 Å². The summed E-state index contributed by atoms with van der Waals surface area (Å²) in [5.74, 6) is 1.47. The van der Waals surface area contributed by atoms with E-state index in [0.717, 1.165) is 38.9 Å². The Kier molecular flexibility index (Phi) is 3.95. The Labute approximate surface area is 126 Å². The van der Waals surface area contributed by atoms with E-state index in [2.05, 4.69) is 4.90 Å². The molecule has 21 heavy (non-hydrogen) atoms. The monoisotopic (exact) mass is 293 g/mol. The zero-order valence-corrected chi connectivity index (χ0v) is 13.1. The summed E-state index contributed by atoms with van der Waals surface area (Å²) in [7, 11) is 0. The lowest BCUT2D eigenvalue weighted by molar-refractivity contribution is -0.149. The van der Waals surface area contributed by atoms with Gasteiger partial charge in [0.1, 0.15) is 0 Å². The van der Waals surface area contributed by atoms with Crippen molar-refractivity contribution in [2.45, 2.75) is 51.6 Å². The first-order valence-electron chi connectivity index (χ1n) is 8.31. The molecule has 3 heterocycles. The minimum atomic E-state index is -0.395. The van der Waals surface area contributed by atoms with Crippen molar-refractivity contribution in [3.8, 4) is 0 Å². The molecule has 4 atom stereocenters. The normalized spacial score (nSPS) is 33.9. The SMILES string of the molecule is CC(C)[C@H](N)C(=O)N1C[C@@H]2C[C@H](C1)[C@@H]1CCCC(=O)N1C2. The Morgan fingerprint density at radius 1 is 1.29 bits per heavy atom. The van der Waals surface area contributed by atoms with Crippen LogP contribution in [0.2, 0.25) is 0 Å². The zero-order chi connectivity index (χ0) is 15.1. The van der Waals surface area contributed by atoms with E-state index >= 15 is 0 Å². The van der Waals surface area contributed by atoms with E-state index in [4.69, 9.17) is 5.73 Å². The Morgan fingerprint density at radius 2 is 2.05 bits per heavy atom. The second-order valence-electron chi connectivity index (χ2n) is 7.38. The van der Waals surface area contributed by atoms with Crippen LogP contribution in [0.4, 0.5) is 0 Å². The molecule has 5 heteroatoms. The number of piperidine rings is 3. The smallest absolute Gasteiger partial charge is 0.239 e. The molecule has 0 saturated carbocycles. The molecule has 3 fully saturated rings. The van der Waals surface area contributed by atoms with Gasteiger partial charge in [0.2, 0.25) is 11.8 Å². The van der Waals surface area contributed by atoms with Gasteiger partial charge in [-0.2, -0.15) is 0 Å². The Bertz CT molecular complexity index is 437. The van der Waals surface area contributed by atoms with Gasteiger partial charge in [-0.3, -0.25) is 9.59 Å². The number of amides is 2. The first-order valence-corrected chi connectivity index (χ1v) is 8.31. The highest BCUT2D eigenvalue weighted by Crippen LogP contribution is 2.38. The number of nitrogens with zero attached hydrogens (tertiary/aromatic N) is 2. The summed E-state index contributed by atoms with van der Waals surface area (Å²) in [6, 6.07) is -0.0405. The molecule has 0 aliphatic carbocycles. The van der Waals surface area contributed by atoms with Crippen LogP contribution >= 0.6 is 0 Å². The van der Waals surface area contributed by atoms with Gasteiger partial charge in [0, 0.05) is 32.1 Å². The number of hydrogen-bond acceptors (Lipinski definition) is 3. The summed E-state index contributed by atoms with van der Waals surface area (Å²) in [5.41, 5.74) is 6.04. The fraction of sp³-hybridized carbons (Fsp3) is 0.875. The molecule has 3 rings (SSSR count). The third-order valence-electron chi connectivity index (χ3n) is 5.49. The van der Waals surface area contributed by atoms with Crippen LogP contribution in [0.15, 0.2) is 0 Å². The van der Waals surface area contributed by atoms with Crippen molar-refractivity contribution in [2.75, 3.05) is 19.6 Å². The molecule has 2 amide bonds. The van der Waals surface area contributed by atoms with Gasteiger partial charge in [-0.15, -0.1) is 0 Å². The van der Waals surface area contributed by atoms with Gasteiger partial charge < -0.3 is 15.5 Å². The first-order chi connectivity index (χ1) is 9.97. The Hall–Kier alpha value is -1.10. The standard InChI is InChI=1S/C16H27N3O2/c1-10(2)15(17)16(21)18-7-11-6-12(9-18)13-4-3-5-14(20)19(13)8-11/h10-13,15H,3-9,17H2,1-2H3/t11-,12+,13-,15-/m0/s1. The first kappa shape index (κ1) is 14.8. The summed E-state index contributed by atoms with van der Waals surface area (Å²) in [5, 5.41) is 0. The van der Waals surface area contributed by atoms with Crippen LogP contribution in [0.25, 0.3) is 0 Å². The van der Waals surface area contributed by atoms with Gasteiger partial charge in [-0.05, 0) is 37.0 Å². The highest BCUT2D eigenvalue weighted by molar-refractivity contribution is 5.82. The van der Waals surface area contributed by atoms with Crippen LogP contribution in [0.1, 0.15) is 39.5 Å². The second kappa shape index (κ2) is 5.59.